The first-order chi connectivity index (χ1) is 5.66. The quantitative estimate of drug-likeness (QED) is 0.585. The average molecular weight is 162 g/mol. The van der Waals surface area contributed by atoms with Crippen LogP contribution in [0.5, 0.6) is 0 Å². The highest BCUT2D eigenvalue weighted by Crippen LogP contribution is 2.19. The zero-order valence-electron chi connectivity index (χ0n) is 7.10. The van der Waals surface area contributed by atoms with E-state index in [-0.39, 0.29) is 5.82 Å². The largest absolute Gasteiger partial charge is 0.207 e. The lowest BCUT2D eigenvalue weighted by atomic mass is 10.0. The van der Waals surface area contributed by atoms with E-state index in [4.69, 9.17) is 0 Å². The van der Waals surface area contributed by atoms with E-state index in [1.165, 1.54) is 6.07 Å². The molecule has 1 heteroatoms. The average Bonchev–Trinajstić information content (AvgIpc) is 2.08. The van der Waals surface area contributed by atoms with Gasteiger partial charge in [0, 0.05) is 0 Å². The minimum Gasteiger partial charge on any atom is -0.207 e. The van der Waals surface area contributed by atoms with E-state index >= 15 is 0 Å². The van der Waals surface area contributed by atoms with Crippen LogP contribution >= 0.6 is 0 Å². The summed E-state index contributed by atoms with van der Waals surface area (Å²) >= 11 is 0. The Morgan fingerprint density at radius 2 is 2.17 bits per heavy atom. The molecular formula is C11H11F. The monoisotopic (exact) mass is 162 g/mol. The second-order valence-electron chi connectivity index (χ2n) is 2.64. The Balaban J connectivity index is 3.25. The molecule has 0 spiro atoms. The highest BCUT2D eigenvalue weighted by Gasteiger charge is 2.03. The van der Waals surface area contributed by atoms with Crippen LogP contribution in [0.15, 0.2) is 37.4 Å². The number of halogens is 1. The van der Waals surface area contributed by atoms with Gasteiger partial charge in [0.05, 0.1) is 0 Å². The van der Waals surface area contributed by atoms with Crippen LogP contribution in [0, 0.1) is 12.7 Å². The summed E-state index contributed by atoms with van der Waals surface area (Å²) in [5.74, 6) is -0.199. The first kappa shape index (κ1) is 8.72. The van der Waals surface area contributed by atoms with Gasteiger partial charge in [-0.15, -0.1) is 0 Å². The maximum absolute atomic E-state index is 13.0. The third-order valence-electron chi connectivity index (χ3n) is 1.86. The molecule has 0 nitrogen and oxygen atoms in total. The van der Waals surface area contributed by atoms with E-state index in [0.717, 1.165) is 11.1 Å². The van der Waals surface area contributed by atoms with Gasteiger partial charge in [0.1, 0.15) is 5.82 Å². The summed E-state index contributed by atoms with van der Waals surface area (Å²) in [5, 5.41) is 0. The van der Waals surface area contributed by atoms with Crippen LogP contribution in [0.1, 0.15) is 11.1 Å². The van der Waals surface area contributed by atoms with Gasteiger partial charge in [0.2, 0.25) is 0 Å². The van der Waals surface area contributed by atoms with Gasteiger partial charge >= 0.3 is 0 Å². The number of hydrogen-bond donors (Lipinski definition) is 0. The summed E-state index contributed by atoms with van der Waals surface area (Å²) in [6.45, 7) is 9.08. The van der Waals surface area contributed by atoms with E-state index in [1.807, 2.05) is 6.07 Å². The molecular weight excluding hydrogens is 151 g/mol. The van der Waals surface area contributed by atoms with Gasteiger partial charge in [-0.25, -0.2) is 4.39 Å². The maximum atomic E-state index is 13.0. The van der Waals surface area contributed by atoms with Crippen molar-refractivity contribution in [1.82, 2.24) is 0 Å². The van der Waals surface area contributed by atoms with Crippen molar-refractivity contribution >= 4 is 5.57 Å². The van der Waals surface area contributed by atoms with E-state index in [0.29, 0.717) is 5.56 Å². The van der Waals surface area contributed by atoms with Crippen LogP contribution in [0.4, 0.5) is 4.39 Å². The van der Waals surface area contributed by atoms with E-state index in [2.05, 4.69) is 13.2 Å². The fraction of sp³-hybridized carbons (Fsp3) is 0.0909. The summed E-state index contributed by atoms with van der Waals surface area (Å²) < 4.78 is 13.0. The van der Waals surface area contributed by atoms with Crippen molar-refractivity contribution in [2.45, 2.75) is 6.92 Å². The summed E-state index contributed by atoms with van der Waals surface area (Å²) in [5.41, 5.74) is 2.21. The minimum absolute atomic E-state index is 0.199. The van der Waals surface area contributed by atoms with Crippen molar-refractivity contribution in [3.05, 3.63) is 54.4 Å². The number of rotatable bonds is 2. The molecule has 1 aromatic rings. The van der Waals surface area contributed by atoms with Crippen molar-refractivity contribution in [1.29, 1.82) is 0 Å². The fourth-order valence-electron chi connectivity index (χ4n) is 1.07. The van der Waals surface area contributed by atoms with E-state index in [1.54, 1.807) is 19.1 Å². The third kappa shape index (κ3) is 1.45. The highest BCUT2D eigenvalue weighted by molar-refractivity contribution is 5.73. The molecule has 0 saturated heterocycles. The van der Waals surface area contributed by atoms with E-state index in [9.17, 15) is 4.39 Å². The van der Waals surface area contributed by atoms with Crippen molar-refractivity contribution in [2.75, 3.05) is 0 Å². The third-order valence-corrected chi connectivity index (χ3v) is 1.86. The molecule has 0 bridgehead atoms. The smallest absolute Gasteiger partial charge is 0.126 e. The SMILES string of the molecule is C=CC(=C)c1cccc(F)c1C. The molecule has 1 rings (SSSR count). The molecule has 0 radical (unpaired) electrons. The molecule has 0 unspecified atom stereocenters. The number of benzene rings is 1. The second kappa shape index (κ2) is 3.35. The molecule has 1 aromatic carbocycles. The Kier molecular flexibility index (Phi) is 2.44. The van der Waals surface area contributed by atoms with Crippen molar-refractivity contribution in [3.63, 3.8) is 0 Å². The molecule has 12 heavy (non-hydrogen) atoms. The summed E-state index contributed by atoms with van der Waals surface area (Å²) in [6.07, 6.45) is 1.63. The van der Waals surface area contributed by atoms with Crippen molar-refractivity contribution < 1.29 is 4.39 Å². The molecule has 0 aliphatic rings. The van der Waals surface area contributed by atoms with Gasteiger partial charge in [0.15, 0.2) is 0 Å². The van der Waals surface area contributed by atoms with Crippen LogP contribution in [0.2, 0.25) is 0 Å². The molecule has 0 atom stereocenters. The Morgan fingerprint density at radius 3 is 2.75 bits per heavy atom. The van der Waals surface area contributed by atoms with Crippen LogP contribution < -0.4 is 0 Å². The lowest BCUT2D eigenvalue weighted by Gasteiger charge is -2.05. The van der Waals surface area contributed by atoms with Crippen molar-refractivity contribution in [3.8, 4) is 0 Å². The lowest BCUT2D eigenvalue weighted by Crippen LogP contribution is -1.88. The standard InChI is InChI=1S/C11H11F/c1-4-8(2)10-6-5-7-11(12)9(10)3/h4-7H,1-2H2,3H3. The number of hydrogen-bond acceptors (Lipinski definition) is 0. The van der Waals surface area contributed by atoms with Crippen molar-refractivity contribution in [2.24, 2.45) is 0 Å². The topological polar surface area (TPSA) is 0 Å². The molecule has 0 aliphatic heterocycles. The molecule has 0 amide bonds. The summed E-state index contributed by atoms with van der Waals surface area (Å²) in [6, 6.07) is 4.95. The van der Waals surface area contributed by atoms with Crippen LogP contribution in [-0.4, -0.2) is 0 Å². The Labute approximate surface area is 72.0 Å². The van der Waals surface area contributed by atoms with Crippen LogP contribution in [0.25, 0.3) is 5.57 Å². The second-order valence-corrected chi connectivity index (χ2v) is 2.64. The molecule has 0 N–H and O–H groups in total. The van der Waals surface area contributed by atoms with Gasteiger partial charge in [-0.1, -0.05) is 31.4 Å². The summed E-state index contributed by atoms with van der Waals surface area (Å²) in [7, 11) is 0. The molecule has 0 fully saturated rings. The molecule has 0 saturated carbocycles. The first-order valence-electron chi connectivity index (χ1n) is 3.73. The first-order valence-corrected chi connectivity index (χ1v) is 3.73. The number of allylic oxidation sites excluding steroid dienone is 2. The minimum atomic E-state index is -0.199. The normalized spacial score (nSPS) is 9.50. The van der Waals surface area contributed by atoms with Crippen LogP contribution in [-0.2, 0) is 0 Å². The lowest BCUT2D eigenvalue weighted by molar-refractivity contribution is 0.618. The van der Waals surface area contributed by atoms with Gasteiger partial charge in [-0.05, 0) is 29.7 Å². The van der Waals surface area contributed by atoms with Gasteiger partial charge in [0.25, 0.3) is 0 Å². The zero-order valence-corrected chi connectivity index (χ0v) is 7.10. The molecule has 0 aliphatic carbocycles. The molecule has 0 aromatic heterocycles. The van der Waals surface area contributed by atoms with Gasteiger partial charge < -0.3 is 0 Å². The predicted molar refractivity (Wildman–Crippen MR) is 50.4 cm³/mol. The van der Waals surface area contributed by atoms with Gasteiger partial charge in [-0.2, -0.15) is 0 Å². The predicted octanol–water partition coefficient (Wildman–Crippen LogP) is 3.33. The molecule has 0 heterocycles. The van der Waals surface area contributed by atoms with Gasteiger partial charge in [-0.3, -0.25) is 0 Å². The van der Waals surface area contributed by atoms with Crippen LogP contribution in [0.3, 0.4) is 0 Å². The fourth-order valence-corrected chi connectivity index (χ4v) is 1.07. The Morgan fingerprint density at radius 1 is 1.50 bits per heavy atom. The maximum Gasteiger partial charge on any atom is 0.126 e. The summed E-state index contributed by atoms with van der Waals surface area (Å²) in [4.78, 5) is 0. The zero-order chi connectivity index (χ0) is 9.14. The molecule has 62 valence electrons. The van der Waals surface area contributed by atoms with E-state index < -0.39 is 0 Å². The highest BCUT2D eigenvalue weighted by atomic mass is 19.1. The Bertz CT molecular complexity index is 324. The Hall–Kier alpha value is -1.37.